The van der Waals surface area contributed by atoms with Gasteiger partial charge in [-0.2, -0.15) is 11.8 Å². The molecule has 0 radical (unpaired) electrons. The number of carboxylic acid groups (broad SMARTS) is 1. The molecule has 6 heteroatoms. The molecule has 5 nitrogen and oxygen atoms in total. The van der Waals surface area contributed by atoms with Crippen molar-refractivity contribution in [2.75, 3.05) is 19.3 Å². The van der Waals surface area contributed by atoms with Crippen molar-refractivity contribution in [1.82, 2.24) is 10.2 Å². The molecule has 0 spiro atoms. The van der Waals surface area contributed by atoms with Crippen LogP contribution in [0.2, 0.25) is 0 Å². The summed E-state index contributed by atoms with van der Waals surface area (Å²) in [6.07, 6.45) is 4.80. The van der Waals surface area contributed by atoms with Gasteiger partial charge in [0, 0.05) is 24.4 Å². The zero-order chi connectivity index (χ0) is 13.5. The van der Waals surface area contributed by atoms with E-state index in [0.29, 0.717) is 18.3 Å². The number of likely N-dealkylation sites (tertiary alicyclic amines) is 1. The van der Waals surface area contributed by atoms with Gasteiger partial charge < -0.3 is 15.3 Å². The molecular weight excluding hydrogens is 252 g/mol. The molecule has 1 saturated heterocycles. The van der Waals surface area contributed by atoms with Crippen LogP contribution in [0.25, 0.3) is 0 Å². The summed E-state index contributed by atoms with van der Waals surface area (Å²) in [6, 6.07) is -0.275. The van der Waals surface area contributed by atoms with Crippen LogP contribution in [0.15, 0.2) is 0 Å². The molecule has 1 heterocycles. The lowest BCUT2D eigenvalue weighted by Crippen LogP contribution is -2.50. The third-order valence-electron chi connectivity index (χ3n) is 3.24. The minimum atomic E-state index is -0.836. The number of hydrogen-bond acceptors (Lipinski definition) is 3. The highest BCUT2D eigenvalue weighted by Gasteiger charge is 2.28. The highest BCUT2D eigenvalue weighted by atomic mass is 32.2. The predicted octanol–water partition coefficient (Wildman–Crippen LogP) is 1.78. The Bertz CT molecular complexity index is 299. The monoisotopic (exact) mass is 274 g/mol. The minimum absolute atomic E-state index is 0.0471. The highest BCUT2D eigenvalue weighted by Crippen LogP contribution is 2.19. The molecule has 1 aliphatic heterocycles. The zero-order valence-corrected chi connectivity index (χ0v) is 11.8. The van der Waals surface area contributed by atoms with Crippen molar-refractivity contribution in [3.8, 4) is 0 Å². The van der Waals surface area contributed by atoms with Gasteiger partial charge in [-0.15, -0.1) is 0 Å². The normalized spacial score (nSPS) is 21.4. The molecule has 0 bridgehead atoms. The quantitative estimate of drug-likeness (QED) is 0.801. The first-order valence-electron chi connectivity index (χ1n) is 6.33. The number of urea groups is 1. The number of rotatable bonds is 5. The number of aliphatic carboxylic acids is 1. The van der Waals surface area contributed by atoms with E-state index >= 15 is 0 Å². The van der Waals surface area contributed by atoms with Gasteiger partial charge in [0.15, 0.2) is 0 Å². The molecular formula is C12H22N2O3S. The maximum atomic E-state index is 12.0. The summed E-state index contributed by atoms with van der Waals surface area (Å²) in [5.74, 6) is -0.836. The van der Waals surface area contributed by atoms with Crippen molar-refractivity contribution >= 4 is 23.8 Å². The molecule has 2 atom stereocenters. The lowest BCUT2D eigenvalue weighted by atomic mass is 10.00. The van der Waals surface area contributed by atoms with Crippen molar-refractivity contribution in [2.24, 2.45) is 0 Å². The first-order valence-corrected chi connectivity index (χ1v) is 7.62. The Hall–Kier alpha value is -0.910. The largest absolute Gasteiger partial charge is 0.481 e. The topological polar surface area (TPSA) is 69.6 Å². The number of piperidine rings is 1. The van der Waals surface area contributed by atoms with E-state index in [1.165, 1.54) is 0 Å². The molecule has 1 fully saturated rings. The highest BCUT2D eigenvalue weighted by molar-refractivity contribution is 7.99. The van der Waals surface area contributed by atoms with Gasteiger partial charge in [0.1, 0.15) is 0 Å². The van der Waals surface area contributed by atoms with E-state index in [0.717, 1.165) is 19.3 Å². The molecule has 0 aromatic heterocycles. The van der Waals surface area contributed by atoms with Gasteiger partial charge >= 0.3 is 12.0 Å². The maximum Gasteiger partial charge on any atom is 0.317 e. The molecule has 0 saturated carbocycles. The van der Waals surface area contributed by atoms with E-state index in [1.54, 1.807) is 16.7 Å². The van der Waals surface area contributed by atoms with Gasteiger partial charge in [0.2, 0.25) is 0 Å². The molecule has 2 N–H and O–H groups in total. The van der Waals surface area contributed by atoms with Crippen LogP contribution in [0.1, 0.15) is 32.6 Å². The third kappa shape index (κ3) is 4.76. The second-order valence-electron chi connectivity index (χ2n) is 4.67. The van der Waals surface area contributed by atoms with E-state index in [1.807, 2.05) is 6.26 Å². The van der Waals surface area contributed by atoms with Crippen LogP contribution < -0.4 is 5.32 Å². The van der Waals surface area contributed by atoms with Gasteiger partial charge in [-0.1, -0.05) is 6.92 Å². The second kappa shape index (κ2) is 7.51. The van der Waals surface area contributed by atoms with E-state index in [-0.39, 0.29) is 18.5 Å². The molecule has 0 aromatic carbocycles. The van der Waals surface area contributed by atoms with Crippen LogP contribution in [0.5, 0.6) is 0 Å². The maximum absolute atomic E-state index is 12.0. The first-order chi connectivity index (χ1) is 8.54. The van der Waals surface area contributed by atoms with Crippen LogP contribution in [0, 0.1) is 0 Å². The zero-order valence-electron chi connectivity index (χ0n) is 11.0. The summed E-state index contributed by atoms with van der Waals surface area (Å²) in [5.41, 5.74) is 0. The van der Waals surface area contributed by atoms with E-state index in [4.69, 9.17) is 5.11 Å². The van der Waals surface area contributed by atoms with E-state index in [9.17, 15) is 9.59 Å². The Morgan fingerprint density at radius 2 is 2.22 bits per heavy atom. The molecule has 104 valence electrons. The number of amides is 2. The van der Waals surface area contributed by atoms with Crippen molar-refractivity contribution in [2.45, 2.75) is 43.9 Å². The van der Waals surface area contributed by atoms with Gasteiger partial charge in [-0.05, 0) is 25.5 Å². The molecule has 1 aliphatic rings. The SMILES string of the molecule is CSC(C)CNC(=O)N1CCCCC1CC(=O)O. The Morgan fingerprint density at radius 1 is 1.50 bits per heavy atom. The lowest BCUT2D eigenvalue weighted by molar-refractivity contribution is -0.138. The molecule has 1 rings (SSSR count). The average Bonchev–Trinajstić information content (AvgIpc) is 2.35. The van der Waals surface area contributed by atoms with Crippen molar-refractivity contribution in [3.63, 3.8) is 0 Å². The average molecular weight is 274 g/mol. The summed E-state index contributed by atoms with van der Waals surface area (Å²) in [6.45, 7) is 3.34. The van der Waals surface area contributed by atoms with Crippen LogP contribution >= 0.6 is 11.8 Å². The standard InChI is InChI=1S/C12H22N2O3S/c1-9(18-2)8-13-12(17)14-6-4-3-5-10(14)7-11(15)16/h9-10H,3-8H2,1-2H3,(H,13,17)(H,15,16). The number of hydrogen-bond donors (Lipinski definition) is 2. The molecule has 18 heavy (non-hydrogen) atoms. The van der Waals surface area contributed by atoms with Crippen molar-refractivity contribution in [3.05, 3.63) is 0 Å². The van der Waals surface area contributed by atoms with Crippen LogP contribution in [-0.2, 0) is 4.79 Å². The molecule has 0 aliphatic carbocycles. The molecule has 2 unspecified atom stereocenters. The lowest BCUT2D eigenvalue weighted by Gasteiger charge is -2.35. The summed E-state index contributed by atoms with van der Waals surface area (Å²) < 4.78 is 0. The summed E-state index contributed by atoms with van der Waals surface area (Å²) in [5, 5.41) is 12.1. The summed E-state index contributed by atoms with van der Waals surface area (Å²) in [4.78, 5) is 24.5. The number of carbonyl (C=O) groups excluding carboxylic acids is 1. The number of carbonyl (C=O) groups is 2. The number of nitrogens with one attached hydrogen (secondary N) is 1. The number of carboxylic acids is 1. The van der Waals surface area contributed by atoms with Crippen molar-refractivity contribution in [1.29, 1.82) is 0 Å². The van der Waals surface area contributed by atoms with Gasteiger partial charge in [0.05, 0.1) is 6.42 Å². The minimum Gasteiger partial charge on any atom is -0.481 e. The van der Waals surface area contributed by atoms with Gasteiger partial charge in [0.25, 0.3) is 0 Å². The Labute approximate surface area is 112 Å². The number of thioether (sulfide) groups is 1. The molecule has 0 aromatic rings. The van der Waals surface area contributed by atoms with Crippen molar-refractivity contribution < 1.29 is 14.7 Å². The fourth-order valence-corrected chi connectivity index (χ4v) is 2.35. The van der Waals surface area contributed by atoms with Crippen LogP contribution in [0.3, 0.4) is 0 Å². The second-order valence-corrected chi connectivity index (χ2v) is 5.95. The number of nitrogens with zero attached hydrogens (tertiary/aromatic N) is 1. The van der Waals surface area contributed by atoms with Crippen LogP contribution in [-0.4, -0.2) is 52.6 Å². The van der Waals surface area contributed by atoms with Gasteiger partial charge in [-0.25, -0.2) is 4.79 Å². The fraction of sp³-hybridized carbons (Fsp3) is 0.833. The Balaban J connectivity index is 2.49. The smallest absolute Gasteiger partial charge is 0.317 e. The molecule has 2 amide bonds. The van der Waals surface area contributed by atoms with Crippen LogP contribution in [0.4, 0.5) is 4.79 Å². The predicted molar refractivity (Wildman–Crippen MR) is 73.0 cm³/mol. The summed E-state index contributed by atoms with van der Waals surface area (Å²) in [7, 11) is 0. The fourth-order valence-electron chi connectivity index (χ4n) is 2.10. The Kier molecular flexibility index (Phi) is 6.32. The summed E-state index contributed by atoms with van der Waals surface area (Å²) >= 11 is 1.70. The third-order valence-corrected chi connectivity index (χ3v) is 4.21. The van der Waals surface area contributed by atoms with E-state index in [2.05, 4.69) is 12.2 Å². The van der Waals surface area contributed by atoms with E-state index < -0.39 is 5.97 Å². The Morgan fingerprint density at radius 3 is 2.83 bits per heavy atom. The van der Waals surface area contributed by atoms with Gasteiger partial charge in [-0.3, -0.25) is 4.79 Å². The first kappa shape index (κ1) is 15.1.